The maximum atomic E-state index is 12.9. The van der Waals surface area contributed by atoms with E-state index < -0.39 is 17.6 Å². The second kappa shape index (κ2) is 8.23. The van der Waals surface area contributed by atoms with E-state index in [1.165, 1.54) is 12.1 Å². The number of hydrogen-bond acceptors (Lipinski definition) is 2. The van der Waals surface area contributed by atoms with Crippen molar-refractivity contribution < 1.29 is 22.7 Å². The van der Waals surface area contributed by atoms with E-state index in [1.807, 2.05) is 42.5 Å². The number of carbonyl (C=O) groups excluding carboxylic acids is 1. The van der Waals surface area contributed by atoms with Gasteiger partial charge in [-0.05, 0) is 64.5 Å². The highest BCUT2D eigenvalue weighted by atomic mass is 19.4. The largest absolute Gasteiger partial charge is 0.457 e. The van der Waals surface area contributed by atoms with Crippen LogP contribution in [0.1, 0.15) is 11.1 Å². The van der Waals surface area contributed by atoms with Crippen molar-refractivity contribution in [3.8, 4) is 22.6 Å². The third-order valence-electron chi connectivity index (χ3n) is 5.08. The molecule has 0 saturated carbocycles. The summed E-state index contributed by atoms with van der Waals surface area (Å²) in [6, 6.07) is 23.1. The van der Waals surface area contributed by atoms with Gasteiger partial charge in [0.2, 0.25) is 5.91 Å². The van der Waals surface area contributed by atoms with Gasteiger partial charge in [-0.25, -0.2) is 0 Å². The van der Waals surface area contributed by atoms with Gasteiger partial charge < -0.3 is 10.5 Å². The van der Waals surface area contributed by atoms with Gasteiger partial charge in [-0.1, -0.05) is 49.0 Å². The summed E-state index contributed by atoms with van der Waals surface area (Å²) in [6.07, 6.45) is -4.41. The van der Waals surface area contributed by atoms with Gasteiger partial charge in [-0.15, -0.1) is 0 Å². The van der Waals surface area contributed by atoms with Crippen molar-refractivity contribution in [3.63, 3.8) is 0 Å². The Morgan fingerprint density at radius 2 is 1.56 bits per heavy atom. The van der Waals surface area contributed by atoms with Crippen LogP contribution >= 0.6 is 0 Å². The number of carbonyl (C=O) groups is 1. The average molecular weight is 433 g/mol. The van der Waals surface area contributed by atoms with Crippen LogP contribution in [-0.2, 0) is 11.0 Å². The summed E-state index contributed by atoms with van der Waals surface area (Å²) >= 11 is 0. The summed E-state index contributed by atoms with van der Waals surface area (Å²) in [7, 11) is 0. The molecule has 0 atom stereocenters. The maximum Gasteiger partial charge on any atom is 0.416 e. The number of primary amides is 1. The Hall–Kier alpha value is -4.06. The summed E-state index contributed by atoms with van der Waals surface area (Å²) in [5.41, 5.74) is 7.04. The van der Waals surface area contributed by atoms with E-state index in [1.54, 1.807) is 18.2 Å². The number of ether oxygens (including phenoxy) is 1. The van der Waals surface area contributed by atoms with Gasteiger partial charge in [-0.3, -0.25) is 4.79 Å². The van der Waals surface area contributed by atoms with Gasteiger partial charge in [0.1, 0.15) is 11.5 Å². The third-order valence-corrected chi connectivity index (χ3v) is 5.08. The predicted molar refractivity (Wildman–Crippen MR) is 119 cm³/mol. The third kappa shape index (κ3) is 4.34. The molecule has 4 aromatic carbocycles. The molecule has 0 bridgehead atoms. The molecule has 0 aliphatic rings. The number of halogens is 3. The van der Waals surface area contributed by atoms with E-state index in [-0.39, 0.29) is 11.3 Å². The molecule has 0 aliphatic carbocycles. The molecule has 0 unspecified atom stereocenters. The smallest absolute Gasteiger partial charge is 0.416 e. The highest BCUT2D eigenvalue weighted by molar-refractivity contribution is 6.18. The Balaban J connectivity index is 1.77. The normalized spacial score (nSPS) is 11.3. The summed E-state index contributed by atoms with van der Waals surface area (Å²) < 4.78 is 44.6. The highest BCUT2D eigenvalue weighted by Gasteiger charge is 2.30. The molecule has 6 heteroatoms. The first-order valence-electron chi connectivity index (χ1n) is 9.70. The molecule has 32 heavy (non-hydrogen) atoms. The molecule has 0 aromatic heterocycles. The summed E-state index contributed by atoms with van der Waals surface area (Å²) in [5.74, 6) is 0.181. The quantitative estimate of drug-likeness (QED) is 0.351. The Morgan fingerprint density at radius 3 is 2.25 bits per heavy atom. The lowest BCUT2D eigenvalue weighted by Gasteiger charge is -2.14. The van der Waals surface area contributed by atoms with Gasteiger partial charge in [-0.2, -0.15) is 13.2 Å². The van der Waals surface area contributed by atoms with Gasteiger partial charge in [0.25, 0.3) is 0 Å². The molecule has 0 spiro atoms. The number of amides is 1. The molecule has 0 fully saturated rings. The zero-order chi connectivity index (χ0) is 22.9. The molecule has 3 nitrogen and oxygen atoms in total. The number of rotatable bonds is 5. The molecular weight excluding hydrogens is 415 g/mol. The summed E-state index contributed by atoms with van der Waals surface area (Å²) in [5, 5.41) is 1.71. The van der Waals surface area contributed by atoms with Crippen molar-refractivity contribution in [2.45, 2.75) is 6.18 Å². The minimum Gasteiger partial charge on any atom is -0.457 e. The molecule has 0 heterocycles. The average Bonchev–Trinajstić information content (AvgIpc) is 2.78. The van der Waals surface area contributed by atoms with Crippen molar-refractivity contribution in [2.75, 3.05) is 0 Å². The minimum absolute atomic E-state index is 0.203. The highest BCUT2D eigenvalue weighted by Crippen LogP contribution is 2.37. The Bertz CT molecular complexity index is 1330. The van der Waals surface area contributed by atoms with Crippen LogP contribution in [0.25, 0.3) is 27.5 Å². The monoisotopic (exact) mass is 433 g/mol. The minimum atomic E-state index is -4.41. The van der Waals surface area contributed by atoms with Gasteiger partial charge in [0.15, 0.2) is 0 Å². The number of hydrogen-bond donors (Lipinski definition) is 1. The number of alkyl halides is 3. The molecule has 4 rings (SSSR count). The maximum absolute atomic E-state index is 12.9. The fraction of sp³-hybridized carbons (Fsp3) is 0.0385. The lowest BCUT2D eigenvalue weighted by atomic mass is 9.97. The van der Waals surface area contributed by atoms with Crippen LogP contribution in [-0.4, -0.2) is 5.91 Å². The standard InChI is InChI=1S/C26H18F3NO2/c1-16(25(30)31)17-6-4-7-18(13-17)20-14-19-5-2-3-8-23(19)24(15-20)32-22-11-9-21(10-12-22)26(27,28)29/h2-15H,1H2,(H2,30,31). The molecule has 2 N–H and O–H groups in total. The Kier molecular flexibility index (Phi) is 5.45. The van der Waals surface area contributed by atoms with E-state index in [0.717, 1.165) is 34.0 Å². The van der Waals surface area contributed by atoms with Gasteiger partial charge in [0.05, 0.1) is 5.56 Å². The molecule has 0 saturated heterocycles. The first-order valence-corrected chi connectivity index (χ1v) is 9.70. The molecule has 4 aromatic rings. The number of fused-ring (bicyclic) bond motifs is 1. The zero-order valence-electron chi connectivity index (χ0n) is 16.8. The predicted octanol–water partition coefficient (Wildman–Crippen LogP) is 6.82. The topological polar surface area (TPSA) is 52.3 Å². The first-order chi connectivity index (χ1) is 15.2. The SMILES string of the molecule is C=C(C(N)=O)c1cccc(-c2cc(Oc3ccc(C(F)(F)F)cc3)c3ccccc3c2)c1. The number of nitrogens with two attached hydrogens (primary N) is 1. The zero-order valence-corrected chi connectivity index (χ0v) is 16.8. The molecule has 1 amide bonds. The van der Waals surface area contributed by atoms with Crippen LogP contribution in [0.5, 0.6) is 11.5 Å². The van der Waals surface area contributed by atoms with Gasteiger partial charge in [0, 0.05) is 11.0 Å². The molecular formula is C26H18F3NO2. The van der Waals surface area contributed by atoms with E-state index in [0.29, 0.717) is 11.3 Å². The van der Waals surface area contributed by atoms with E-state index in [4.69, 9.17) is 10.5 Å². The lowest BCUT2D eigenvalue weighted by Crippen LogP contribution is -2.11. The Labute approximate surface area is 182 Å². The van der Waals surface area contributed by atoms with Crippen LogP contribution in [0.3, 0.4) is 0 Å². The Morgan fingerprint density at radius 1 is 0.844 bits per heavy atom. The van der Waals surface area contributed by atoms with E-state index in [9.17, 15) is 18.0 Å². The summed E-state index contributed by atoms with van der Waals surface area (Å²) in [4.78, 5) is 11.5. The lowest BCUT2D eigenvalue weighted by molar-refractivity contribution is -0.137. The van der Waals surface area contributed by atoms with Crippen molar-refractivity contribution in [3.05, 3.63) is 103 Å². The fourth-order valence-corrected chi connectivity index (χ4v) is 3.39. The van der Waals surface area contributed by atoms with Crippen molar-refractivity contribution >= 4 is 22.3 Å². The van der Waals surface area contributed by atoms with Crippen LogP contribution in [0.2, 0.25) is 0 Å². The number of benzene rings is 4. The molecule has 0 radical (unpaired) electrons. The van der Waals surface area contributed by atoms with Crippen LogP contribution in [0, 0.1) is 0 Å². The van der Waals surface area contributed by atoms with Crippen LogP contribution in [0.15, 0.2) is 91.5 Å². The van der Waals surface area contributed by atoms with Crippen LogP contribution in [0.4, 0.5) is 13.2 Å². The van der Waals surface area contributed by atoms with Crippen molar-refractivity contribution in [2.24, 2.45) is 5.73 Å². The van der Waals surface area contributed by atoms with Gasteiger partial charge >= 0.3 is 6.18 Å². The van der Waals surface area contributed by atoms with Crippen LogP contribution < -0.4 is 10.5 Å². The van der Waals surface area contributed by atoms with E-state index >= 15 is 0 Å². The second-order valence-corrected chi connectivity index (χ2v) is 7.24. The molecule has 0 aliphatic heterocycles. The second-order valence-electron chi connectivity index (χ2n) is 7.24. The van der Waals surface area contributed by atoms with Crippen molar-refractivity contribution in [1.29, 1.82) is 0 Å². The van der Waals surface area contributed by atoms with Crippen molar-refractivity contribution in [1.82, 2.24) is 0 Å². The first kappa shape index (κ1) is 21.2. The fourth-order valence-electron chi connectivity index (χ4n) is 3.39. The summed E-state index contributed by atoms with van der Waals surface area (Å²) in [6.45, 7) is 3.73. The molecule has 160 valence electrons. The van der Waals surface area contributed by atoms with E-state index in [2.05, 4.69) is 6.58 Å².